The Kier molecular flexibility index (Phi) is 10.2. The predicted molar refractivity (Wildman–Crippen MR) is 111 cm³/mol. The van der Waals surface area contributed by atoms with Crippen LogP contribution >= 0.6 is 0 Å². The van der Waals surface area contributed by atoms with Crippen LogP contribution in [0.2, 0.25) is 0 Å². The van der Waals surface area contributed by atoms with Crippen LogP contribution in [0.25, 0.3) is 0 Å². The molecule has 1 saturated heterocycles. The van der Waals surface area contributed by atoms with Gasteiger partial charge in [0.15, 0.2) is 5.96 Å². The molecule has 7 heteroatoms. The van der Waals surface area contributed by atoms with Gasteiger partial charge in [-0.15, -0.1) is 0 Å². The summed E-state index contributed by atoms with van der Waals surface area (Å²) in [5.41, 5.74) is 1.01. The van der Waals surface area contributed by atoms with Crippen LogP contribution in [0.4, 0.5) is 0 Å². The zero-order chi connectivity index (χ0) is 19.3. The van der Waals surface area contributed by atoms with Crippen molar-refractivity contribution < 1.29 is 4.52 Å². The van der Waals surface area contributed by atoms with E-state index in [0.29, 0.717) is 0 Å². The maximum atomic E-state index is 4.93. The Balaban J connectivity index is 1.76. The Labute approximate surface area is 164 Å². The minimum Gasteiger partial charge on any atom is -0.364 e. The second-order valence-electron chi connectivity index (χ2n) is 7.18. The summed E-state index contributed by atoms with van der Waals surface area (Å²) in [7, 11) is 0. The van der Waals surface area contributed by atoms with Gasteiger partial charge in [0.1, 0.15) is 6.26 Å². The first kappa shape index (κ1) is 21.7. The number of rotatable bonds is 11. The van der Waals surface area contributed by atoms with Gasteiger partial charge in [-0.05, 0) is 45.8 Å². The van der Waals surface area contributed by atoms with Crippen LogP contribution < -0.4 is 5.32 Å². The van der Waals surface area contributed by atoms with Gasteiger partial charge in [0.25, 0.3) is 0 Å². The van der Waals surface area contributed by atoms with Gasteiger partial charge in [-0.3, -0.25) is 9.89 Å². The zero-order valence-corrected chi connectivity index (χ0v) is 17.5. The van der Waals surface area contributed by atoms with Crippen LogP contribution in [0.5, 0.6) is 0 Å². The average Bonchev–Trinajstić information content (AvgIpc) is 3.18. The van der Waals surface area contributed by atoms with E-state index in [0.717, 1.165) is 70.4 Å². The molecule has 1 aliphatic rings. The van der Waals surface area contributed by atoms with E-state index >= 15 is 0 Å². The lowest BCUT2D eigenvalue weighted by atomic mass is 10.3. The van der Waals surface area contributed by atoms with Crippen molar-refractivity contribution in [1.82, 2.24) is 25.2 Å². The lowest BCUT2D eigenvalue weighted by molar-refractivity contribution is 0.169. The van der Waals surface area contributed by atoms with Crippen LogP contribution in [0.3, 0.4) is 0 Å². The first-order valence-electron chi connectivity index (χ1n) is 10.6. The predicted octanol–water partition coefficient (Wildman–Crippen LogP) is 2.27. The number of hydrogen-bond donors (Lipinski definition) is 1. The van der Waals surface area contributed by atoms with Crippen LogP contribution in [-0.4, -0.2) is 84.7 Å². The monoisotopic (exact) mass is 378 g/mol. The van der Waals surface area contributed by atoms with Gasteiger partial charge in [0.2, 0.25) is 0 Å². The largest absolute Gasteiger partial charge is 0.364 e. The van der Waals surface area contributed by atoms with E-state index in [1.165, 1.54) is 25.9 Å². The Bertz CT molecular complexity index is 505. The van der Waals surface area contributed by atoms with Gasteiger partial charge >= 0.3 is 0 Å². The summed E-state index contributed by atoms with van der Waals surface area (Å²) in [6, 6.07) is 1.94. The van der Waals surface area contributed by atoms with Gasteiger partial charge in [0.05, 0.1) is 5.69 Å². The summed E-state index contributed by atoms with van der Waals surface area (Å²) >= 11 is 0. The maximum absolute atomic E-state index is 4.93. The highest BCUT2D eigenvalue weighted by atomic mass is 16.5. The number of hydrogen-bond acceptors (Lipinski definition) is 5. The van der Waals surface area contributed by atoms with Gasteiger partial charge < -0.3 is 19.6 Å². The highest BCUT2D eigenvalue weighted by Crippen LogP contribution is 2.07. The Morgan fingerprint density at radius 3 is 2.48 bits per heavy atom. The summed E-state index contributed by atoms with van der Waals surface area (Å²) in [5, 5.41) is 7.48. The zero-order valence-electron chi connectivity index (χ0n) is 17.5. The number of guanidine groups is 1. The third kappa shape index (κ3) is 7.89. The number of aromatic nitrogens is 1. The molecule has 0 aliphatic carbocycles. The maximum Gasteiger partial charge on any atom is 0.194 e. The molecule has 1 aromatic heterocycles. The molecule has 0 bridgehead atoms. The molecule has 0 radical (unpaired) electrons. The minimum atomic E-state index is 0.864. The van der Waals surface area contributed by atoms with Gasteiger partial charge in [0, 0.05) is 51.9 Å². The van der Waals surface area contributed by atoms with Crippen molar-refractivity contribution in [3.8, 4) is 0 Å². The lowest BCUT2D eigenvalue weighted by Crippen LogP contribution is -2.52. The third-order valence-electron chi connectivity index (χ3n) is 4.86. The molecular formula is C20H38N6O. The summed E-state index contributed by atoms with van der Waals surface area (Å²) < 4.78 is 4.93. The Morgan fingerprint density at radius 2 is 1.89 bits per heavy atom. The topological polar surface area (TPSA) is 60.1 Å². The molecule has 0 amide bonds. The molecule has 0 spiro atoms. The normalized spacial score (nSPS) is 16.3. The summed E-state index contributed by atoms with van der Waals surface area (Å²) in [6.07, 6.45) is 5.22. The van der Waals surface area contributed by atoms with Crippen molar-refractivity contribution in [1.29, 1.82) is 0 Å². The average molecular weight is 379 g/mol. The molecule has 1 fully saturated rings. The van der Waals surface area contributed by atoms with E-state index in [1.807, 2.05) is 6.07 Å². The van der Waals surface area contributed by atoms with Crippen molar-refractivity contribution in [3.05, 3.63) is 18.0 Å². The summed E-state index contributed by atoms with van der Waals surface area (Å²) in [4.78, 5) is 12.3. The fourth-order valence-corrected chi connectivity index (χ4v) is 3.54. The van der Waals surface area contributed by atoms with Crippen molar-refractivity contribution in [3.63, 3.8) is 0 Å². The second kappa shape index (κ2) is 12.7. The van der Waals surface area contributed by atoms with E-state index in [4.69, 9.17) is 9.52 Å². The number of piperazine rings is 1. The molecule has 2 rings (SSSR count). The van der Waals surface area contributed by atoms with Crippen molar-refractivity contribution in [2.75, 3.05) is 58.9 Å². The summed E-state index contributed by atoms with van der Waals surface area (Å²) in [5.74, 6) is 1.07. The standard InChI is InChI=1S/C20H38N6O/c1-4-10-24(11-5-2)12-7-9-22-20(21-6-3)26-15-13-25(14-16-26)18-19-8-17-27-23-19/h8,17H,4-7,9-16,18H2,1-3H3,(H,21,22). The first-order valence-corrected chi connectivity index (χ1v) is 10.6. The molecule has 2 heterocycles. The lowest BCUT2D eigenvalue weighted by Gasteiger charge is -2.36. The SMILES string of the molecule is CCCN(CCC)CCCN=C(NCC)N1CCN(Cc2ccon2)CC1. The molecule has 1 aliphatic heterocycles. The van der Waals surface area contributed by atoms with Crippen LogP contribution in [0.15, 0.2) is 21.8 Å². The van der Waals surface area contributed by atoms with E-state index in [2.05, 4.69) is 45.9 Å². The van der Waals surface area contributed by atoms with Crippen LogP contribution in [-0.2, 0) is 6.54 Å². The molecule has 1 N–H and O–H groups in total. The molecule has 0 atom stereocenters. The number of nitrogens with zero attached hydrogens (tertiary/aromatic N) is 5. The van der Waals surface area contributed by atoms with Gasteiger partial charge in [-0.25, -0.2) is 0 Å². The molecule has 1 aromatic rings. The fourth-order valence-electron chi connectivity index (χ4n) is 3.54. The Hall–Kier alpha value is -1.60. The molecule has 27 heavy (non-hydrogen) atoms. The number of aliphatic imine (C=N–C) groups is 1. The smallest absolute Gasteiger partial charge is 0.194 e. The Morgan fingerprint density at radius 1 is 1.15 bits per heavy atom. The number of nitrogens with one attached hydrogen (secondary N) is 1. The van der Waals surface area contributed by atoms with Gasteiger partial charge in [-0.2, -0.15) is 0 Å². The fraction of sp³-hybridized carbons (Fsp3) is 0.800. The molecule has 0 aromatic carbocycles. The highest BCUT2D eigenvalue weighted by Gasteiger charge is 2.20. The van der Waals surface area contributed by atoms with Crippen LogP contribution in [0, 0.1) is 0 Å². The molecular weight excluding hydrogens is 340 g/mol. The van der Waals surface area contributed by atoms with Crippen molar-refractivity contribution >= 4 is 5.96 Å². The van der Waals surface area contributed by atoms with Crippen molar-refractivity contribution in [2.24, 2.45) is 4.99 Å². The molecule has 7 nitrogen and oxygen atoms in total. The van der Waals surface area contributed by atoms with Crippen molar-refractivity contribution in [2.45, 2.75) is 46.6 Å². The molecule has 0 saturated carbocycles. The molecule has 154 valence electrons. The quantitative estimate of drug-likeness (QED) is 0.362. The van der Waals surface area contributed by atoms with E-state index in [1.54, 1.807) is 6.26 Å². The highest BCUT2D eigenvalue weighted by molar-refractivity contribution is 5.80. The second-order valence-corrected chi connectivity index (χ2v) is 7.18. The van der Waals surface area contributed by atoms with E-state index in [9.17, 15) is 0 Å². The van der Waals surface area contributed by atoms with Crippen LogP contribution in [0.1, 0.15) is 45.7 Å². The van der Waals surface area contributed by atoms with Gasteiger partial charge in [-0.1, -0.05) is 19.0 Å². The first-order chi connectivity index (χ1) is 13.3. The summed E-state index contributed by atoms with van der Waals surface area (Å²) in [6.45, 7) is 16.9. The minimum absolute atomic E-state index is 0.864. The van der Waals surface area contributed by atoms with E-state index in [-0.39, 0.29) is 0 Å². The molecule has 0 unspecified atom stereocenters. The van der Waals surface area contributed by atoms with E-state index < -0.39 is 0 Å². The third-order valence-corrected chi connectivity index (χ3v) is 4.86.